The van der Waals surface area contributed by atoms with Gasteiger partial charge in [-0.15, -0.1) is 0 Å². The van der Waals surface area contributed by atoms with Crippen molar-refractivity contribution in [1.82, 2.24) is 10.3 Å². The minimum atomic E-state index is -0.283. The molecule has 0 aliphatic carbocycles. The number of benzene rings is 1. The van der Waals surface area contributed by atoms with Gasteiger partial charge in [-0.2, -0.15) is 0 Å². The Labute approximate surface area is 149 Å². The number of para-hydroxylation sites is 1. The largest absolute Gasteiger partial charge is 0.490 e. The summed E-state index contributed by atoms with van der Waals surface area (Å²) < 4.78 is 19.6. The SMILES string of the molecule is CC(C)N(C)c1ccc(CNC2CCCOc3c(F)cccc32)cn1. The first kappa shape index (κ1) is 17.7. The van der Waals surface area contributed by atoms with E-state index in [2.05, 4.69) is 35.1 Å². The highest BCUT2D eigenvalue weighted by molar-refractivity contribution is 5.40. The van der Waals surface area contributed by atoms with Gasteiger partial charge in [-0.05, 0) is 44.4 Å². The summed E-state index contributed by atoms with van der Waals surface area (Å²) in [5.74, 6) is 1.08. The smallest absolute Gasteiger partial charge is 0.165 e. The van der Waals surface area contributed by atoms with Gasteiger partial charge >= 0.3 is 0 Å². The first-order chi connectivity index (χ1) is 12.1. The zero-order chi connectivity index (χ0) is 17.8. The summed E-state index contributed by atoms with van der Waals surface area (Å²) >= 11 is 0. The quantitative estimate of drug-likeness (QED) is 0.888. The maximum atomic E-state index is 14.0. The van der Waals surface area contributed by atoms with Crippen molar-refractivity contribution in [1.29, 1.82) is 0 Å². The molecule has 5 heteroatoms. The zero-order valence-electron chi connectivity index (χ0n) is 15.1. The average molecular weight is 343 g/mol. The number of hydrogen-bond acceptors (Lipinski definition) is 4. The van der Waals surface area contributed by atoms with Gasteiger partial charge in [0, 0.05) is 37.4 Å². The van der Waals surface area contributed by atoms with Crippen LogP contribution in [-0.2, 0) is 6.54 Å². The van der Waals surface area contributed by atoms with Crippen LogP contribution >= 0.6 is 0 Å². The molecule has 1 aromatic carbocycles. The number of rotatable bonds is 5. The molecular weight excluding hydrogens is 317 g/mol. The molecule has 0 saturated heterocycles. The molecule has 134 valence electrons. The van der Waals surface area contributed by atoms with Crippen LogP contribution in [0.1, 0.15) is 43.9 Å². The van der Waals surface area contributed by atoms with Crippen LogP contribution < -0.4 is 15.0 Å². The summed E-state index contributed by atoms with van der Waals surface area (Å²) in [5.41, 5.74) is 2.02. The molecule has 1 atom stereocenters. The fourth-order valence-corrected chi connectivity index (χ4v) is 3.02. The van der Waals surface area contributed by atoms with E-state index in [-0.39, 0.29) is 11.9 Å². The van der Waals surface area contributed by atoms with Crippen molar-refractivity contribution in [2.24, 2.45) is 0 Å². The van der Waals surface area contributed by atoms with Gasteiger partial charge in [-0.3, -0.25) is 0 Å². The van der Waals surface area contributed by atoms with Crippen molar-refractivity contribution < 1.29 is 9.13 Å². The third-order valence-corrected chi connectivity index (χ3v) is 4.75. The molecule has 1 aliphatic heterocycles. The molecule has 1 N–H and O–H groups in total. The van der Waals surface area contributed by atoms with Gasteiger partial charge in [0.05, 0.1) is 6.61 Å². The average Bonchev–Trinajstić information content (AvgIpc) is 2.83. The lowest BCUT2D eigenvalue weighted by molar-refractivity contribution is 0.300. The van der Waals surface area contributed by atoms with Gasteiger partial charge in [-0.1, -0.05) is 18.2 Å². The molecule has 0 bridgehead atoms. The molecule has 1 aromatic heterocycles. The highest BCUT2D eigenvalue weighted by Gasteiger charge is 2.21. The Morgan fingerprint density at radius 1 is 1.32 bits per heavy atom. The standard InChI is InChI=1S/C20H26FN3O/c1-14(2)24(3)19-10-9-15(13-23-19)12-22-18-8-5-11-25-20-16(18)6-4-7-17(20)21/h4,6-7,9-10,13-14,18,22H,5,8,11-12H2,1-3H3. The predicted octanol–water partition coefficient (Wildman–Crippen LogP) is 4.07. The number of pyridine rings is 1. The Hall–Kier alpha value is -2.14. The van der Waals surface area contributed by atoms with Gasteiger partial charge in [0.15, 0.2) is 11.6 Å². The van der Waals surface area contributed by atoms with Gasteiger partial charge in [-0.25, -0.2) is 9.37 Å². The number of anilines is 1. The number of ether oxygens (including phenoxy) is 1. The van der Waals surface area contributed by atoms with Crippen molar-refractivity contribution in [3.8, 4) is 5.75 Å². The Kier molecular flexibility index (Phi) is 5.53. The summed E-state index contributed by atoms with van der Waals surface area (Å²) in [7, 11) is 2.04. The second-order valence-electron chi connectivity index (χ2n) is 6.81. The van der Waals surface area contributed by atoms with Gasteiger partial charge in [0.2, 0.25) is 0 Å². The van der Waals surface area contributed by atoms with E-state index in [0.717, 1.165) is 29.8 Å². The van der Waals surface area contributed by atoms with Crippen LogP contribution in [0.2, 0.25) is 0 Å². The number of halogens is 1. The summed E-state index contributed by atoms with van der Waals surface area (Å²) in [6, 6.07) is 9.78. The monoisotopic (exact) mass is 343 g/mol. The van der Waals surface area contributed by atoms with Crippen LogP contribution in [0.25, 0.3) is 0 Å². The van der Waals surface area contributed by atoms with E-state index < -0.39 is 0 Å². The van der Waals surface area contributed by atoms with Gasteiger partial charge in [0.1, 0.15) is 5.82 Å². The molecule has 0 saturated carbocycles. The van der Waals surface area contributed by atoms with E-state index in [0.29, 0.717) is 24.9 Å². The van der Waals surface area contributed by atoms with Crippen molar-refractivity contribution in [2.45, 2.75) is 45.3 Å². The Morgan fingerprint density at radius 2 is 2.16 bits per heavy atom. The van der Waals surface area contributed by atoms with E-state index in [9.17, 15) is 4.39 Å². The minimum absolute atomic E-state index is 0.0891. The third-order valence-electron chi connectivity index (χ3n) is 4.75. The van der Waals surface area contributed by atoms with Crippen molar-refractivity contribution in [3.05, 3.63) is 53.5 Å². The molecule has 3 rings (SSSR count). The normalized spacial score (nSPS) is 16.9. The van der Waals surface area contributed by atoms with E-state index in [4.69, 9.17) is 4.74 Å². The number of fused-ring (bicyclic) bond motifs is 1. The summed E-state index contributed by atoms with van der Waals surface area (Å²) in [6.07, 6.45) is 3.74. The number of aromatic nitrogens is 1. The van der Waals surface area contributed by atoms with Gasteiger partial charge < -0.3 is 15.0 Å². The van der Waals surface area contributed by atoms with Crippen molar-refractivity contribution >= 4 is 5.82 Å². The Balaban J connectivity index is 1.69. The van der Waals surface area contributed by atoms with Crippen LogP contribution in [0.5, 0.6) is 5.75 Å². The molecular formula is C20H26FN3O. The van der Waals surface area contributed by atoms with Gasteiger partial charge in [0.25, 0.3) is 0 Å². The first-order valence-corrected chi connectivity index (χ1v) is 8.88. The van der Waals surface area contributed by atoms with Crippen LogP contribution in [0.3, 0.4) is 0 Å². The number of nitrogens with one attached hydrogen (secondary N) is 1. The van der Waals surface area contributed by atoms with E-state index >= 15 is 0 Å². The summed E-state index contributed by atoms with van der Waals surface area (Å²) in [4.78, 5) is 6.68. The Morgan fingerprint density at radius 3 is 2.88 bits per heavy atom. The van der Waals surface area contributed by atoms with Crippen molar-refractivity contribution in [3.63, 3.8) is 0 Å². The fraction of sp³-hybridized carbons (Fsp3) is 0.450. The summed E-state index contributed by atoms with van der Waals surface area (Å²) in [6.45, 7) is 5.53. The van der Waals surface area contributed by atoms with Crippen LogP contribution in [0.15, 0.2) is 36.5 Å². The lowest BCUT2D eigenvalue weighted by Crippen LogP contribution is -2.26. The third kappa shape index (κ3) is 4.10. The number of nitrogens with zero attached hydrogens (tertiary/aromatic N) is 2. The molecule has 2 heterocycles. The highest BCUT2D eigenvalue weighted by Crippen LogP contribution is 2.33. The first-order valence-electron chi connectivity index (χ1n) is 8.88. The lowest BCUT2D eigenvalue weighted by Gasteiger charge is -2.23. The molecule has 4 nitrogen and oxygen atoms in total. The molecule has 25 heavy (non-hydrogen) atoms. The second kappa shape index (κ2) is 7.83. The molecule has 1 aliphatic rings. The van der Waals surface area contributed by atoms with Crippen LogP contribution in [0, 0.1) is 5.82 Å². The number of hydrogen-bond donors (Lipinski definition) is 1. The highest BCUT2D eigenvalue weighted by atomic mass is 19.1. The molecule has 0 amide bonds. The molecule has 2 aromatic rings. The van der Waals surface area contributed by atoms with E-state index in [1.165, 1.54) is 6.07 Å². The lowest BCUT2D eigenvalue weighted by atomic mass is 10.0. The zero-order valence-corrected chi connectivity index (χ0v) is 15.1. The molecule has 1 unspecified atom stereocenters. The maximum absolute atomic E-state index is 14.0. The minimum Gasteiger partial charge on any atom is -0.490 e. The van der Waals surface area contributed by atoms with Crippen LogP contribution in [0.4, 0.5) is 10.2 Å². The molecule has 0 spiro atoms. The van der Waals surface area contributed by atoms with E-state index in [1.54, 1.807) is 6.07 Å². The fourth-order valence-electron chi connectivity index (χ4n) is 3.02. The van der Waals surface area contributed by atoms with Crippen LogP contribution in [-0.4, -0.2) is 24.7 Å². The topological polar surface area (TPSA) is 37.4 Å². The second-order valence-corrected chi connectivity index (χ2v) is 6.81. The molecule has 0 radical (unpaired) electrons. The van der Waals surface area contributed by atoms with E-state index in [1.807, 2.05) is 25.4 Å². The van der Waals surface area contributed by atoms with Crippen molar-refractivity contribution in [2.75, 3.05) is 18.6 Å². The Bertz CT molecular complexity index is 703. The maximum Gasteiger partial charge on any atom is 0.165 e. The predicted molar refractivity (Wildman–Crippen MR) is 98.5 cm³/mol. The summed E-state index contributed by atoms with van der Waals surface area (Å²) in [5, 5.41) is 3.53. The molecule has 0 fully saturated rings.